The van der Waals surface area contributed by atoms with Crippen molar-refractivity contribution < 1.29 is 9.90 Å². The maximum atomic E-state index is 11.7. The Kier molecular flexibility index (Phi) is 3.78. The van der Waals surface area contributed by atoms with Crippen molar-refractivity contribution in [2.75, 3.05) is 0 Å². The molecule has 0 atom stereocenters. The van der Waals surface area contributed by atoms with Gasteiger partial charge in [0.1, 0.15) is 5.56 Å². The van der Waals surface area contributed by atoms with Gasteiger partial charge in [0.05, 0.1) is 17.1 Å². The van der Waals surface area contributed by atoms with Crippen molar-refractivity contribution in [2.45, 2.75) is 44.9 Å². The van der Waals surface area contributed by atoms with Crippen molar-refractivity contribution in [1.82, 2.24) is 9.78 Å². The minimum absolute atomic E-state index is 0.297. The first kappa shape index (κ1) is 13.9. The van der Waals surface area contributed by atoms with Crippen LogP contribution in [-0.4, -0.2) is 20.9 Å². The number of aromatic carboxylic acids is 1. The third kappa shape index (κ3) is 2.58. The molecule has 0 unspecified atom stereocenters. The van der Waals surface area contributed by atoms with Crippen LogP contribution in [-0.2, 0) is 0 Å². The van der Waals surface area contributed by atoms with E-state index in [4.69, 9.17) is 0 Å². The average Bonchev–Trinajstić information content (AvgIpc) is 2.86. The highest BCUT2D eigenvalue weighted by Gasteiger charge is 2.28. The molecule has 21 heavy (non-hydrogen) atoms. The molecule has 110 valence electrons. The molecule has 1 saturated carbocycles. The Morgan fingerprint density at radius 2 is 1.86 bits per heavy atom. The summed E-state index contributed by atoms with van der Waals surface area (Å²) in [5, 5.41) is 14.1. The summed E-state index contributed by atoms with van der Waals surface area (Å²) in [4.78, 5) is 11.7. The van der Waals surface area contributed by atoms with Gasteiger partial charge in [-0.05, 0) is 31.9 Å². The van der Waals surface area contributed by atoms with E-state index in [-0.39, 0.29) is 0 Å². The number of hydrogen-bond acceptors (Lipinski definition) is 2. The molecule has 1 fully saturated rings. The molecule has 1 aliphatic carbocycles. The molecule has 4 nitrogen and oxygen atoms in total. The van der Waals surface area contributed by atoms with Crippen molar-refractivity contribution >= 4 is 5.97 Å². The predicted octanol–water partition coefficient (Wildman–Crippen LogP) is 3.93. The maximum Gasteiger partial charge on any atom is 0.339 e. The first-order valence-electron chi connectivity index (χ1n) is 7.56. The average molecular weight is 284 g/mol. The van der Waals surface area contributed by atoms with Gasteiger partial charge in [-0.15, -0.1) is 0 Å². The first-order chi connectivity index (χ1) is 10.2. The molecule has 1 aromatic heterocycles. The number of benzene rings is 1. The molecule has 1 aliphatic rings. The third-order valence-corrected chi connectivity index (χ3v) is 4.30. The molecule has 0 spiro atoms. The van der Waals surface area contributed by atoms with Gasteiger partial charge in [-0.1, -0.05) is 37.5 Å². The highest BCUT2D eigenvalue weighted by atomic mass is 16.4. The fourth-order valence-corrected chi connectivity index (χ4v) is 3.33. The van der Waals surface area contributed by atoms with E-state index in [1.165, 1.54) is 19.3 Å². The van der Waals surface area contributed by atoms with Crippen LogP contribution in [0.5, 0.6) is 0 Å². The second kappa shape index (κ2) is 5.72. The standard InChI is InChI=1S/C17H20N2O2/c1-12-15(17(20)21)16(13-8-4-2-5-9-13)19(18-12)14-10-6-3-7-11-14/h3,6-7,10-11,13H,2,4-5,8-9H2,1H3,(H,20,21). The molecule has 0 saturated heterocycles. The highest BCUT2D eigenvalue weighted by Crippen LogP contribution is 2.36. The summed E-state index contributed by atoms with van der Waals surface area (Å²) in [5.41, 5.74) is 2.82. The van der Waals surface area contributed by atoms with Crippen LogP contribution in [0, 0.1) is 6.92 Å². The molecular formula is C17H20N2O2. The summed E-state index contributed by atoms with van der Waals surface area (Å²) in [6.07, 6.45) is 5.69. The predicted molar refractivity (Wildman–Crippen MR) is 81.1 cm³/mol. The molecule has 0 bridgehead atoms. The number of carbonyl (C=O) groups is 1. The Hall–Kier alpha value is -2.10. The Morgan fingerprint density at radius 1 is 1.19 bits per heavy atom. The molecule has 1 aromatic carbocycles. The van der Waals surface area contributed by atoms with Gasteiger partial charge in [0.15, 0.2) is 0 Å². The molecular weight excluding hydrogens is 264 g/mol. The molecule has 1 N–H and O–H groups in total. The normalized spacial score (nSPS) is 16.0. The summed E-state index contributed by atoms with van der Waals surface area (Å²) in [7, 11) is 0. The van der Waals surface area contributed by atoms with Gasteiger partial charge >= 0.3 is 5.97 Å². The summed E-state index contributed by atoms with van der Waals surface area (Å²) >= 11 is 0. The lowest BCUT2D eigenvalue weighted by Gasteiger charge is -2.23. The molecule has 4 heteroatoms. The zero-order valence-corrected chi connectivity index (χ0v) is 12.2. The van der Waals surface area contributed by atoms with Crippen LogP contribution in [0.25, 0.3) is 5.69 Å². The zero-order valence-electron chi connectivity index (χ0n) is 12.2. The van der Waals surface area contributed by atoms with E-state index >= 15 is 0 Å². The summed E-state index contributed by atoms with van der Waals surface area (Å²) < 4.78 is 1.84. The lowest BCUT2D eigenvalue weighted by atomic mass is 9.85. The van der Waals surface area contributed by atoms with Gasteiger partial charge < -0.3 is 5.11 Å². The van der Waals surface area contributed by atoms with Crippen LogP contribution in [0.15, 0.2) is 30.3 Å². The monoisotopic (exact) mass is 284 g/mol. The van der Waals surface area contributed by atoms with E-state index in [9.17, 15) is 9.90 Å². The summed E-state index contributed by atoms with van der Waals surface area (Å²) in [6.45, 7) is 1.79. The van der Waals surface area contributed by atoms with Crippen LogP contribution < -0.4 is 0 Å². The summed E-state index contributed by atoms with van der Waals surface area (Å²) in [6, 6.07) is 9.82. The number of carboxylic acids is 1. The SMILES string of the molecule is Cc1nn(-c2ccccc2)c(C2CCCCC2)c1C(=O)O. The van der Waals surface area contributed by atoms with Crippen molar-refractivity contribution in [1.29, 1.82) is 0 Å². The fraction of sp³-hybridized carbons (Fsp3) is 0.412. The number of aryl methyl sites for hydroxylation is 1. The van der Waals surface area contributed by atoms with Gasteiger partial charge in [-0.2, -0.15) is 5.10 Å². The van der Waals surface area contributed by atoms with E-state index in [1.54, 1.807) is 6.92 Å². The van der Waals surface area contributed by atoms with Gasteiger partial charge in [0.2, 0.25) is 0 Å². The third-order valence-electron chi connectivity index (χ3n) is 4.30. The maximum absolute atomic E-state index is 11.7. The molecule has 0 aliphatic heterocycles. The van der Waals surface area contributed by atoms with Crippen molar-refractivity contribution in [3.63, 3.8) is 0 Å². The van der Waals surface area contributed by atoms with Crippen molar-refractivity contribution in [3.8, 4) is 5.69 Å². The number of aromatic nitrogens is 2. The van der Waals surface area contributed by atoms with Crippen LogP contribution in [0.3, 0.4) is 0 Å². The van der Waals surface area contributed by atoms with E-state index in [0.29, 0.717) is 17.2 Å². The quantitative estimate of drug-likeness (QED) is 0.929. The summed E-state index contributed by atoms with van der Waals surface area (Å²) in [5.74, 6) is -0.568. The van der Waals surface area contributed by atoms with Crippen LogP contribution in [0.4, 0.5) is 0 Å². The number of nitrogens with zero attached hydrogens (tertiary/aromatic N) is 2. The lowest BCUT2D eigenvalue weighted by Crippen LogP contribution is -2.14. The van der Waals surface area contributed by atoms with Gasteiger partial charge in [-0.3, -0.25) is 0 Å². The second-order valence-electron chi connectivity index (χ2n) is 5.73. The van der Waals surface area contributed by atoms with Crippen molar-refractivity contribution in [3.05, 3.63) is 47.3 Å². The Labute approximate surface area is 124 Å². The van der Waals surface area contributed by atoms with Crippen LogP contribution in [0.1, 0.15) is 59.8 Å². The van der Waals surface area contributed by atoms with Crippen LogP contribution in [0.2, 0.25) is 0 Å². The fourth-order valence-electron chi connectivity index (χ4n) is 3.33. The second-order valence-corrected chi connectivity index (χ2v) is 5.73. The number of hydrogen-bond donors (Lipinski definition) is 1. The van der Waals surface area contributed by atoms with E-state index in [1.807, 2.05) is 35.0 Å². The highest BCUT2D eigenvalue weighted by molar-refractivity contribution is 5.90. The van der Waals surface area contributed by atoms with Gasteiger partial charge in [-0.25, -0.2) is 9.48 Å². The largest absolute Gasteiger partial charge is 0.478 e. The smallest absolute Gasteiger partial charge is 0.339 e. The van der Waals surface area contributed by atoms with E-state index in [0.717, 1.165) is 24.2 Å². The number of carboxylic acid groups (broad SMARTS) is 1. The van der Waals surface area contributed by atoms with Crippen LogP contribution >= 0.6 is 0 Å². The number of para-hydroxylation sites is 1. The Balaban J connectivity index is 2.15. The van der Waals surface area contributed by atoms with E-state index < -0.39 is 5.97 Å². The lowest BCUT2D eigenvalue weighted by molar-refractivity contribution is 0.0694. The zero-order chi connectivity index (χ0) is 14.8. The molecule has 0 amide bonds. The topological polar surface area (TPSA) is 55.1 Å². The Morgan fingerprint density at radius 3 is 2.48 bits per heavy atom. The molecule has 0 radical (unpaired) electrons. The molecule has 2 aromatic rings. The first-order valence-corrected chi connectivity index (χ1v) is 7.56. The van der Waals surface area contributed by atoms with Crippen molar-refractivity contribution in [2.24, 2.45) is 0 Å². The minimum Gasteiger partial charge on any atom is -0.478 e. The van der Waals surface area contributed by atoms with Gasteiger partial charge in [0, 0.05) is 5.92 Å². The Bertz CT molecular complexity index is 640. The molecule has 1 heterocycles. The van der Waals surface area contributed by atoms with E-state index in [2.05, 4.69) is 5.10 Å². The number of rotatable bonds is 3. The minimum atomic E-state index is -0.866. The molecule has 3 rings (SSSR count). The van der Waals surface area contributed by atoms with Gasteiger partial charge in [0.25, 0.3) is 0 Å².